The second-order valence-corrected chi connectivity index (χ2v) is 6.01. The van der Waals surface area contributed by atoms with Crippen LogP contribution in [0.25, 0.3) is 0 Å². The largest absolute Gasteiger partial charge is 0.323 e. The molecule has 0 bridgehead atoms. The average Bonchev–Trinajstić information content (AvgIpc) is 2.50. The van der Waals surface area contributed by atoms with Crippen LogP contribution in [0.5, 0.6) is 0 Å². The first-order chi connectivity index (χ1) is 10.2. The maximum absolute atomic E-state index is 12.3. The van der Waals surface area contributed by atoms with Crippen molar-refractivity contribution in [2.75, 3.05) is 18.1 Å². The van der Waals surface area contributed by atoms with Gasteiger partial charge in [0.25, 0.3) is 0 Å². The first-order valence-electron chi connectivity index (χ1n) is 6.98. The molecule has 0 saturated carbocycles. The molecule has 0 atom stereocenters. The minimum Gasteiger partial charge on any atom is -0.323 e. The zero-order valence-electron chi connectivity index (χ0n) is 12.4. The van der Waals surface area contributed by atoms with Gasteiger partial charge in [0, 0.05) is 18.5 Å². The van der Waals surface area contributed by atoms with Crippen LogP contribution in [0.15, 0.2) is 59.5 Å². The van der Waals surface area contributed by atoms with E-state index in [-0.39, 0.29) is 6.03 Å². The molecule has 0 aliphatic rings. The van der Waals surface area contributed by atoms with Gasteiger partial charge in [-0.25, -0.2) is 4.79 Å². The highest BCUT2D eigenvalue weighted by molar-refractivity contribution is 7.99. The van der Waals surface area contributed by atoms with Gasteiger partial charge < -0.3 is 10.2 Å². The van der Waals surface area contributed by atoms with Gasteiger partial charge in [0.2, 0.25) is 0 Å². The van der Waals surface area contributed by atoms with E-state index in [2.05, 4.69) is 12.2 Å². The number of carbonyl (C=O) groups is 1. The molecule has 110 valence electrons. The lowest BCUT2D eigenvalue weighted by Gasteiger charge is -2.19. The normalized spacial score (nSPS) is 10.2. The summed E-state index contributed by atoms with van der Waals surface area (Å²) in [6.45, 7) is 2.69. The Morgan fingerprint density at radius 2 is 1.76 bits per heavy atom. The fraction of sp³-hybridized carbons (Fsp3) is 0.235. The molecule has 1 N–H and O–H groups in total. The van der Waals surface area contributed by atoms with Crippen molar-refractivity contribution in [3.63, 3.8) is 0 Å². The number of nitrogens with one attached hydrogen (secondary N) is 1. The summed E-state index contributed by atoms with van der Waals surface area (Å²) < 4.78 is 0. The van der Waals surface area contributed by atoms with Crippen LogP contribution < -0.4 is 5.32 Å². The van der Waals surface area contributed by atoms with Crippen molar-refractivity contribution >= 4 is 23.5 Å². The lowest BCUT2D eigenvalue weighted by molar-refractivity contribution is 0.220. The summed E-state index contributed by atoms with van der Waals surface area (Å²) in [5, 5.41) is 2.98. The number of amides is 2. The molecule has 0 spiro atoms. The minimum atomic E-state index is -0.0944. The molecular formula is C17H20N2OS. The maximum Gasteiger partial charge on any atom is 0.321 e. The molecule has 0 fully saturated rings. The number of benzene rings is 2. The number of carbonyl (C=O) groups excluding carboxylic acids is 1. The third-order valence-electron chi connectivity index (χ3n) is 3.04. The molecule has 2 aromatic carbocycles. The molecule has 0 saturated heterocycles. The van der Waals surface area contributed by atoms with Crippen LogP contribution in [0.3, 0.4) is 0 Å². The number of nitrogens with zero attached hydrogens (tertiary/aromatic N) is 1. The second-order valence-electron chi connectivity index (χ2n) is 4.70. The highest BCUT2D eigenvalue weighted by atomic mass is 32.2. The first kappa shape index (κ1) is 15.4. The van der Waals surface area contributed by atoms with E-state index in [1.54, 1.807) is 23.7 Å². The summed E-state index contributed by atoms with van der Waals surface area (Å²) in [5.74, 6) is 0.979. The Morgan fingerprint density at radius 1 is 1.10 bits per heavy atom. The van der Waals surface area contributed by atoms with E-state index in [1.807, 2.05) is 54.6 Å². The molecule has 2 aromatic rings. The van der Waals surface area contributed by atoms with Crippen molar-refractivity contribution in [3.05, 3.63) is 60.2 Å². The summed E-state index contributed by atoms with van der Waals surface area (Å²) in [7, 11) is 1.80. The van der Waals surface area contributed by atoms with Crippen LogP contribution in [0.4, 0.5) is 10.5 Å². The summed E-state index contributed by atoms with van der Waals surface area (Å²) in [6, 6.07) is 17.8. The van der Waals surface area contributed by atoms with Gasteiger partial charge in [0.15, 0.2) is 0 Å². The monoisotopic (exact) mass is 300 g/mol. The quantitative estimate of drug-likeness (QED) is 0.827. The first-order valence-corrected chi connectivity index (χ1v) is 7.97. The van der Waals surface area contributed by atoms with Gasteiger partial charge in [-0.2, -0.15) is 0 Å². The van der Waals surface area contributed by atoms with Crippen LogP contribution in [-0.4, -0.2) is 23.7 Å². The molecule has 2 amide bonds. The maximum atomic E-state index is 12.3. The highest BCUT2D eigenvalue weighted by Crippen LogP contribution is 2.26. The average molecular weight is 300 g/mol. The summed E-state index contributed by atoms with van der Waals surface area (Å²) in [4.78, 5) is 15.1. The molecule has 0 unspecified atom stereocenters. The van der Waals surface area contributed by atoms with Gasteiger partial charge in [-0.3, -0.25) is 0 Å². The van der Waals surface area contributed by atoms with Crippen molar-refractivity contribution in [2.45, 2.75) is 18.4 Å². The Kier molecular flexibility index (Phi) is 5.69. The van der Waals surface area contributed by atoms with Crippen molar-refractivity contribution < 1.29 is 4.79 Å². The smallest absolute Gasteiger partial charge is 0.321 e. The number of urea groups is 1. The third-order valence-corrected chi connectivity index (χ3v) is 3.99. The van der Waals surface area contributed by atoms with Gasteiger partial charge in [0.05, 0.1) is 5.69 Å². The van der Waals surface area contributed by atoms with E-state index in [0.29, 0.717) is 6.54 Å². The number of anilines is 1. The fourth-order valence-electron chi connectivity index (χ4n) is 1.99. The van der Waals surface area contributed by atoms with Gasteiger partial charge >= 0.3 is 6.03 Å². The predicted molar refractivity (Wildman–Crippen MR) is 89.8 cm³/mol. The number of hydrogen-bond donors (Lipinski definition) is 1. The summed E-state index contributed by atoms with van der Waals surface area (Å²) in [6.07, 6.45) is 0. The standard InChI is InChI=1S/C17H20N2OS/c1-3-21-16-12-8-7-11-15(16)18-17(20)19(2)13-14-9-5-4-6-10-14/h4-12H,3,13H2,1-2H3,(H,18,20). The van der Waals surface area contributed by atoms with E-state index in [0.717, 1.165) is 21.9 Å². The molecule has 4 heteroatoms. The van der Waals surface area contributed by atoms with Crippen molar-refractivity contribution in [1.29, 1.82) is 0 Å². The summed E-state index contributed by atoms with van der Waals surface area (Å²) in [5.41, 5.74) is 1.99. The fourth-order valence-corrected chi connectivity index (χ4v) is 2.75. The van der Waals surface area contributed by atoms with E-state index < -0.39 is 0 Å². The van der Waals surface area contributed by atoms with Gasteiger partial charge in [-0.1, -0.05) is 49.4 Å². The van der Waals surface area contributed by atoms with Crippen LogP contribution >= 0.6 is 11.8 Å². The van der Waals surface area contributed by atoms with Crippen molar-refractivity contribution in [2.24, 2.45) is 0 Å². The molecule has 3 nitrogen and oxygen atoms in total. The van der Waals surface area contributed by atoms with Crippen LogP contribution in [0.1, 0.15) is 12.5 Å². The SMILES string of the molecule is CCSc1ccccc1NC(=O)N(C)Cc1ccccc1. The lowest BCUT2D eigenvalue weighted by atomic mass is 10.2. The number of hydrogen-bond acceptors (Lipinski definition) is 2. The number of rotatable bonds is 5. The van der Waals surface area contributed by atoms with E-state index >= 15 is 0 Å². The zero-order valence-corrected chi connectivity index (χ0v) is 13.2. The molecule has 0 heterocycles. The zero-order chi connectivity index (χ0) is 15.1. The predicted octanol–water partition coefficient (Wildman–Crippen LogP) is 4.46. The van der Waals surface area contributed by atoms with E-state index in [1.165, 1.54) is 0 Å². The molecule has 0 aliphatic heterocycles. The molecule has 21 heavy (non-hydrogen) atoms. The Labute approximate surface area is 130 Å². The van der Waals surface area contributed by atoms with Crippen LogP contribution in [-0.2, 0) is 6.54 Å². The number of thioether (sulfide) groups is 1. The summed E-state index contributed by atoms with van der Waals surface area (Å²) >= 11 is 1.73. The second kappa shape index (κ2) is 7.74. The number of para-hydroxylation sites is 1. The molecular weight excluding hydrogens is 280 g/mol. The molecule has 0 aliphatic carbocycles. The van der Waals surface area contributed by atoms with Crippen molar-refractivity contribution in [1.82, 2.24) is 4.90 Å². The van der Waals surface area contributed by atoms with Crippen LogP contribution in [0.2, 0.25) is 0 Å². The molecule has 2 rings (SSSR count). The third kappa shape index (κ3) is 4.53. The van der Waals surface area contributed by atoms with Crippen LogP contribution in [0, 0.1) is 0 Å². The lowest BCUT2D eigenvalue weighted by Crippen LogP contribution is -2.31. The molecule has 0 radical (unpaired) electrons. The highest BCUT2D eigenvalue weighted by Gasteiger charge is 2.11. The van der Waals surface area contributed by atoms with Gasteiger partial charge in [-0.05, 0) is 23.4 Å². The van der Waals surface area contributed by atoms with E-state index in [4.69, 9.17) is 0 Å². The Balaban J connectivity index is 2.01. The molecule has 0 aromatic heterocycles. The Hall–Kier alpha value is -1.94. The van der Waals surface area contributed by atoms with Gasteiger partial charge in [-0.15, -0.1) is 11.8 Å². The Bertz CT molecular complexity index is 586. The van der Waals surface area contributed by atoms with Crippen molar-refractivity contribution in [3.8, 4) is 0 Å². The Morgan fingerprint density at radius 3 is 2.48 bits per heavy atom. The van der Waals surface area contributed by atoms with Gasteiger partial charge in [0.1, 0.15) is 0 Å². The topological polar surface area (TPSA) is 32.3 Å². The minimum absolute atomic E-state index is 0.0944. The van der Waals surface area contributed by atoms with E-state index in [9.17, 15) is 4.79 Å².